The number of aliphatic hydroxyl groups is 2. The van der Waals surface area contributed by atoms with E-state index in [9.17, 15) is 0 Å². The van der Waals surface area contributed by atoms with E-state index >= 15 is 0 Å². The molecule has 1 aromatic heterocycles. The van der Waals surface area contributed by atoms with Crippen LogP contribution in [0.3, 0.4) is 0 Å². The van der Waals surface area contributed by atoms with E-state index in [1.54, 1.807) is 12.4 Å². The molecule has 64 valence electrons. The van der Waals surface area contributed by atoms with Crippen molar-refractivity contribution in [3.63, 3.8) is 0 Å². The van der Waals surface area contributed by atoms with Gasteiger partial charge in [-0.1, -0.05) is 6.07 Å². The molecule has 1 aromatic rings. The molecule has 0 bridgehead atoms. The number of pyridine rings is 1. The van der Waals surface area contributed by atoms with Crippen LogP contribution in [-0.4, -0.2) is 28.4 Å². The normalized spacial score (nSPS) is 7.09. The molecule has 0 spiro atoms. The van der Waals surface area contributed by atoms with Crippen molar-refractivity contribution in [1.29, 1.82) is 0 Å². The van der Waals surface area contributed by atoms with Gasteiger partial charge in [0.25, 0.3) is 0 Å². The third-order valence-corrected chi connectivity index (χ3v) is 0.666. The SMILES string of the molecule is Cl.OCCO.c1ccncc1. The van der Waals surface area contributed by atoms with Crippen LogP contribution in [0, 0.1) is 0 Å². The van der Waals surface area contributed by atoms with Gasteiger partial charge in [-0.15, -0.1) is 12.4 Å². The Labute approximate surface area is 72.1 Å². The highest BCUT2D eigenvalue weighted by Crippen LogP contribution is 1.73. The Morgan fingerprint density at radius 3 is 1.45 bits per heavy atom. The highest BCUT2D eigenvalue weighted by Gasteiger charge is 1.58. The molecule has 0 aliphatic heterocycles. The average Bonchev–Trinajstić information content (AvgIpc) is 2.08. The van der Waals surface area contributed by atoms with Gasteiger partial charge in [0.1, 0.15) is 0 Å². The maximum atomic E-state index is 7.62. The Bertz CT molecular complexity index is 108. The predicted octanol–water partition coefficient (Wildman–Crippen LogP) is 0.474. The maximum absolute atomic E-state index is 7.62. The molecular formula is C7H12ClNO2. The Hall–Kier alpha value is -0.640. The first-order chi connectivity index (χ1) is 4.91. The fourth-order valence-electron chi connectivity index (χ4n) is 0.313. The largest absolute Gasteiger partial charge is 0.394 e. The summed E-state index contributed by atoms with van der Waals surface area (Å²) < 4.78 is 0. The van der Waals surface area contributed by atoms with E-state index in [2.05, 4.69) is 4.98 Å². The zero-order chi connectivity index (χ0) is 7.66. The summed E-state index contributed by atoms with van der Waals surface area (Å²) in [6.07, 6.45) is 3.50. The molecule has 1 heterocycles. The Morgan fingerprint density at radius 1 is 0.909 bits per heavy atom. The number of aromatic nitrogens is 1. The van der Waals surface area contributed by atoms with Crippen molar-refractivity contribution in [2.24, 2.45) is 0 Å². The van der Waals surface area contributed by atoms with E-state index in [4.69, 9.17) is 10.2 Å². The number of halogens is 1. The Balaban J connectivity index is 0. The minimum Gasteiger partial charge on any atom is -0.394 e. The fourth-order valence-corrected chi connectivity index (χ4v) is 0.313. The lowest BCUT2D eigenvalue weighted by molar-refractivity contribution is 0.186. The van der Waals surface area contributed by atoms with Crippen molar-refractivity contribution in [1.82, 2.24) is 4.98 Å². The second kappa shape index (κ2) is 12.1. The summed E-state index contributed by atoms with van der Waals surface area (Å²) in [7, 11) is 0. The molecule has 0 amide bonds. The molecule has 0 saturated carbocycles. The van der Waals surface area contributed by atoms with Gasteiger partial charge in [-0.2, -0.15) is 0 Å². The van der Waals surface area contributed by atoms with Crippen molar-refractivity contribution in [3.8, 4) is 0 Å². The number of nitrogens with zero attached hydrogens (tertiary/aromatic N) is 1. The molecule has 3 nitrogen and oxygen atoms in total. The molecule has 0 atom stereocenters. The van der Waals surface area contributed by atoms with Gasteiger partial charge in [-0.3, -0.25) is 4.98 Å². The van der Waals surface area contributed by atoms with Crippen LogP contribution in [0.2, 0.25) is 0 Å². The van der Waals surface area contributed by atoms with Crippen LogP contribution in [0.15, 0.2) is 30.6 Å². The summed E-state index contributed by atoms with van der Waals surface area (Å²) in [4.78, 5) is 3.78. The molecule has 1 rings (SSSR count). The lowest BCUT2D eigenvalue weighted by Crippen LogP contribution is -1.85. The first kappa shape index (κ1) is 13.0. The fraction of sp³-hybridized carbons (Fsp3) is 0.286. The van der Waals surface area contributed by atoms with Crippen LogP contribution >= 0.6 is 12.4 Å². The second-order valence-corrected chi connectivity index (χ2v) is 1.47. The van der Waals surface area contributed by atoms with Gasteiger partial charge in [0.15, 0.2) is 0 Å². The lowest BCUT2D eigenvalue weighted by Gasteiger charge is -1.70. The highest BCUT2D eigenvalue weighted by atomic mass is 35.5. The summed E-state index contributed by atoms with van der Waals surface area (Å²) in [5, 5.41) is 15.2. The monoisotopic (exact) mass is 177 g/mol. The number of rotatable bonds is 1. The third kappa shape index (κ3) is 12.5. The van der Waals surface area contributed by atoms with Crippen molar-refractivity contribution < 1.29 is 10.2 Å². The van der Waals surface area contributed by atoms with E-state index in [0.29, 0.717) is 0 Å². The second-order valence-electron chi connectivity index (χ2n) is 1.47. The van der Waals surface area contributed by atoms with Crippen LogP contribution in [0.5, 0.6) is 0 Å². The van der Waals surface area contributed by atoms with Crippen LogP contribution in [0.1, 0.15) is 0 Å². The summed E-state index contributed by atoms with van der Waals surface area (Å²) in [5.74, 6) is 0. The van der Waals surface area contributed by atoms with Crippen LogP contribution in [0.4, 0.5) is 0 Å². The molecule has 0 fully saturated rings. The minimum absolute atomic E-state index is 0. The standard InChI is InChI=1S/C5H5N.C2H6O2.ClH/c1-2-4-6-5-3-1;3-1-2-4;/h1-5H;3-4H,1-2H2;1H. The van der Waals surface area contributed by atoms with Crippen LogP contribution in [-0.2, 0) is 0 Å². The van der Waals surface area contributed by atoms with Gasteiger partial charge in [0.2, 0.25) is 0 Å². The molecule has 11 heavy (non-hydrogen) atoms. The molecule has 0 radical (unpaired) electrons. The van der Waals surface area contributed by atoms with Gasteiger partial charge in [0, 0.05) is 12.4 Å². The zero-order valence-electron chi connectivity index (χ0n) is 6.05. The van der Waals surface area contributed by atoms with E-state index in [0.717, 1.165) is 0 Å². The summed E-state index contributed by atoms with van der Waals surface area (Å²) >= 11 is 0. The van der Waals surface area contributed by atoms with E-state index in [-0.39, 0.29) is 25.6 Å². The molecular weight excluding hydrogens is 166 g/mol. The quantitative estimate of drug-likeness (QED) is 0.656. The van der Waals surface area contributed by atoms with E-state index < -0.39 is 0 Å². The van der Waals surface area contributed by atoms with Crippen LogP contribution < -0.4 is 0 Å². The summed E-state index contributed by atoms with van der Waals surface area (Å²) in [6, 6.07) is 5.72. The van der Waals surface area contributed by atoms with Gasteiger partial charge in [-0.05, 0) is 12.1 Å². The molecule has 0 aliphatic carbocycles. The predicted molar refractivity (Wildman–Crippen MR) is 45.7 cm³/mol. The number of hydrogen-bond donors (Lipinski definition) is 2. The minimum atomic E-state index is -0.125. The molecule has 0 saturated heterocycles. The summed E-state index contributed by atoms with van der Waals surface area (Å²) in [5.41, 5.74) is 0. The Kier molecular flexibility index (Phi) is 14.3. The lowest BCUT2D eigenvalue weighted by atomic mass is 10.5. The van der Waals surface area contributed by atoms with Gasteiger partial charge < -0.3 is 10.2 Å². The smallest absolute Gasteiger partial charge is 0.0662 e. The highest BCUT2D eigenvalue weighted by molar-refractivity contribution is 5.85. The topological polar surface area (TPSA) is 53.4 Å². The van der Waals surface area contributed by atoms with Crippen molar-refractivity contribution in [2.75, 3.05) is 13.2 Å². The van der Waals surface area contributed by atoms with Crippen molar-refractivity contribution in [2.45, 2.75) is 0 Å². The Morgan fingerprint density at radius 2 is 1.36 bits per heavy atom. The zero-order valence-corrected chi connectivity index (χ0v) is 6.87. The number of hydrogen-bond acceptors (Lipinski definition) is 3. The summed E-state index contributed by atoms with van der Waals surface area (Å²) in [6.45, 7) is -0.250. The number of aliphatic hydroxyl groups excluding tert-OH is 2. The first-order valence-electron chi connectivity index (χ1n) is 2.98. The molecule has 2 N–H and O–H groups in total. The van der Waals surface area contributed by atoms with E-state index in [1.165, 1.54) is 0 Å². The van der Waals surface area contributed by atoms with Crippen molar-refractivity contribution >= 4 is 12.4 Å². The molecule has 0 aliphatic rings. The van der Waals surface area contributed by atoms with Gasteiger partial charge in [-0.25, -0.2) is 0 Å². The maximum Gasteiger partial charge on any atom is 0.0662 e. The van der Waals surface area contributed by atoms with Crippen molar-refractivity contribution in [3.05, 3.63) is 30.6 Å². The van der Waals surface area contributed by atoms with Crippen LogP contribution in [0.25, 0.3) is 0 Å². The molecule has 0 unspecified atom stereocenters. The van der Waals surface area contributed by atoms with Gasteiger partial charge in [0.05, 0.1) is 13.2 Å². The van der Waals surface area contributed by atoms with Gasteiger partial charge >= 0.3 is 0 Å². The third-order valence-electron chi connectivity index (χ3n) is 0.666. The molecule has 0 aromatic carbocycles. The average molecular weight is 178 g/mol. The first-order valence-corrected chi connectivity index (χ1v) is 2.98. The molecule has 4 heteroatoms. The van der Waals surface area contributed by atoms with E-state index in [1.807, 2.05) is 18.2 Å².